The SMILES string of the molecule is N#Cc1cc(S(=O)(=O)NC2CCC(C(=O)O)CC2)ccc1F. The molecular weight excluding hydrogens is 311 g/mol. The summed E-state index contributed by atoms with van der Waals surface area (Å²) < 4.78 is 40.2. The summed E-state index contributed by atoms with van der Waals surface area (Å²) in [5, 5.41) is 17.7. The number of nitrogens with zero attached hydrogens (tertiary/aromatic N) is 1. The molecule has 0 radical (unpaired) electrons. The van der Waals surface area contributed by atoms with Crippen LogP contribution in [0.3, 0.4) is 0 Å². The predicted molar refractivity (Wildman–Crippen MR) is 74.8 cm³/mol. The Balaban J connectivity index is 2.09. The van der Waals surface area contributed by atoms with Crippen molar-refractivity contribution in [1.82, 2.24) is 4.72 Å². The van der Waals surface area contributed by atoms with Gasteiger partial charge in [0.05, 0.1) is 16.4 Å². The van der Waals surface area contributed by atoms with Gasteiger partial charge in [0.25, 0.3) is 0 Å². The van der Waals surface area contributed by atoms with Crippen LogP contribution in [-0.2, 0) is 14.8 Å². The molecule has 0 bridgehead atoms. The van der Waals surface area contributed by atoms with Gasteiger partial charge in [0, 0.05) is 6.04 Å². The molecule has 0 spiro atoms. The van der Waals surface area contributed by atoms with Crippen LogP contribution in [0.5, 0.6) is 0 Å². The minimum atomic E-state index is -3.86. The van der Waals surface area contributed by atoms with Gasteiger partial charge in [-0.2, -0.15) is 5.26 Å². The molecule has 1 aromatic rings. The highest BCUT2D eigenvalue weighted by Gasteiger charge is 2.29. The number of halogens is 1. The van der Waals surface area contributed by atoms with Gasteiger partial charge in [0.1, 0.15) is 11.9 Å². The van der Waals surface area contributed by atoms with Gasteiger partial charge in [-0.15, -0.1) is 0 Å². The van der Waals surface area contributed by atoms with Crippen LogP contribution < -0.4 is 4.72 Å². The molecule has 2 N–H and O–H groups in total. The molecule has 118 valence electrons. The van der Waals surface area contributed by atoms with Crippen LogP contribution >= 0.6 is 0 Å². The molecule has 0 aromatic heterocycles. The maximum atomic E-state index is 13.2. The van der Waals surface area contributed by atoms with Crippen molar-refractivity contribution in [3.05, 3.63) is 29.6 Å². The number of aliphatic carboxylic acids is 1. The summed E-state index contributed by atoms with van der Waals surface area (Å²) in [7, 11) is -3.86. The second-order valence-electron chi connectivity index (χ2n) is 5.26. The van der Waals surface area contributed by atoms with E-state index in [-0.39, 0.29) is 16.5 Å². The molecule has 0 aliphatic heterocycles. The molecule has 0 unspecified atom stereocenters. The lowest BCUT2D eigenvalue weighted by molar-refractivity contribution is -0.142. The van der Waals surface area contributed by atoms with E-state index in [0.29, 0.717) is 25.7 Å². The number of nitrogens with one attached hydrogen (secondary N) is 1. The average Bonchev–Trinajstić information content (AvgIpc) is 2.47. The third-order valence-electron chi connectivity index (χ3n) is 3.77. The molecule has 0 heterocycles. The molecule has 1 aromatic carbocycles. The molecule has 22 heavy (non-hydrogen) atoms. The van der Waals surface area contributed by atoms with Gasteiger partial charge < -0.3 is 5.11 Å². The van der Waals surface area contributed by atoms with Crippen molar-refractivity contribution in [2.24, 2.45) is 5.92 Å². The quantitative estimate of drug-likeness (QED) is 0.874. The maximum Gasteiger partial charge on any atom is 0.306 e. The molecule has 2 rings (SSSR count). The minimum absolute atomic E-state index is 0.175. The van der Waals surface area contributed by atoms with Crippen molar-refractivity contribution in [1.29, 1.82) is 5.26 Å². The average molecular weight is 326 g/mol. The molecule has 1 aliphatic carbocycles. The Bertz CT molecular complexity index is 719. The zero-order valence-corrected chi connectivity index (χ0v) is 12.4. The number of benzene rings is 1. The normalized spacial score (nSPS) is 22.0. The Hall–Kier alpha value is -1.98. The molecule has 1 saturated carbocycles. The first kappa shape index (κ1) is 16.4. The summed E-state index contributed by atoms with van der Waals surface area (Å²) in [5.41, 5.74) is -0.336. The molecular formula is C14H15FN2O4S. The Morgan fingerprint density at radius 2 is 1.95 bits per heavy atom. The van der Waals surface area contributed by atoms with E-state index >= 15 is 0 Å². The second-order valence-corrected chi connectivity index (χ2v) is 6.98. The van der Waals surface area contributed by atoms with Crippen LogP contribution in [0, 0.1) is 23.1 Å². The van der Waals surface area contributed by atoms with Crippen molar-refractivity contribution in [3.63, 3.8) is 0 Å². The molecule has 0 amide bonds. The third kappa shape index (κ3) is 3.61. The van der Waals surface area contributed by atoms with Gasteiger partial charge in [0.2, 0.25) is 10.0 Å². The van der Waals surface area contributed by atoms with E-state index in [2.05, 4.69) is 4.72 Å². The van der Waals surface area contributed by atoms with Crippen molar-refractivity contribution < 1.29 is 22.7 Å². The highest BCUT2D eigenvalue weighted by Crippen LogP contribution is 2.26. The van der Waals surface area contributed by atoms with Crippen LogP contribution in [-0.4, -0.2) is 25.5 Å². The molecule has 0 saturated heterocycles. The Kier molecular flexibility index (Phi) is 4.78. The lowest BCUT2D eigenvalue weighted by Crippen LogP contribution is -2.38. The standard InChI is InChI=1S/C14H15FN2O4S/c15-13-6-5-12(7-10(13)8-16)22(20,21)17-11-3-1-9(2-4-11)14(18)19/h5-7,9,11,17H,1-4H2,(H,18,19). The zero-order chi connectivity index (χ0) is 16.3. The fraction of sp³-hybridized carbons (Fsp3) is 0.429. The summed E-state index contributed by atoms with van der Waals surface area (Å²) in [6, 6.07) is 4.27. The highest BCUT2D eigenvalue weighted by atomic mass is 32.2. The minimum Gasteiger partial charge on any atom is -0.481 e. The summed E-state index contributed by atoms with van der Waals surface area (Å²) in [6.45, 7) is 0. The Morgan fingerprint density at radius 3 is 2.50 bits per heavy atom. The number of hydrogen-bond donors (Lipinski definition) is 2. The summed E-state index contributed by atoms with van der Waals surface area (Å²) in [6.07, 6.45) is 1.69. The van der Waals surface area contributed by atoms with Crippen molar-refractivity contribution in [2.45, 2.75) is 36.6 Å². The van der Waals surface area contributed by atoms with E-state index in [1.807, 2.05) is 0 Å². The third-order valence-corrected chi connectivity index (χ3v) is 5.28. The monoisotopic (exact) mass is 326 g/mol. The highest BCUT2D eigenvalue weighted by molar-refractivity contribution is 7.89. The van der Waals surface area contributed by atoms with Crippen molar-refractivity contribution in [2.75, 3.05) is 0 Å². The smallest absolute Gasteiger partial charge is 0.306 e. The first-order valence-electron chi connectivity index (χ1n) is 6.78. The van der Waals surface area contributed by atoms with Gasteiger partial charge in [-0.3, -0.25) is 4.79 Å². The Labute approximate surface area is 127 Å². The molecule has 0 atom stereocenters. The van der Waals surface area contributed by atoms with E-state index in [1.165, 1.54) is 0 Å². The van der Waals surface area contributed by atoms with Gasteiger partial charge in [0.15, 0.2) is 0 Å². The maximum absolute atomic E-state index is 13.2. The molecule has 8 heteroatoms. The van der Waals surface area contributed by atoms with E-state index in [9.17, 15) is 17.6 Å². The fourth-order valence-corrected chi connectivity index (χ4v) is 3.83. The zero-order valence-electron chi connectivity index (χ0n) is 11.6. The van der Waals surface area contributed by atoms with E-state index in [4.69, 9.17) is 10.4 Å². The molecule has 1 fully saturated rings. The topological polar surface area (TPSA) is 107 Å². The van der Waals surface area contributed by atoms with Gasteiger partial charge in [-0.25, -0.2) is 17.5 Å². The van der Waals surface area contributed by atoms with Crippen LogP contribution in [0.15, 0.2) is 23.1 Å². The van der Waals surface area contributed by atoms with E-state index < -0.39 is 27.7 Å². The number of hydrogen-bond acceptors (Lipinski definition) is 4. The largest absolute Gasteiger partial charge is 0.481 e. The van der Waals surface area contributed by atoms with Crippen LogP contribution in [0.1, 0.15) is 31.2 Å². The lowest BCUT2D eigenvalue weighted by Gasteiger charge is -2.26. The van der Waals surface area contributed by atoms with Gasteiger partial charge in [-0.1, -0.05) is 0 Å². The van der Waals surface area contributed by atoms with E-state index in [0.717, 1.165) is 18.2 Å². The van der Waals surface area contributed by atoms with E-state index in [1.54, 1.807) is 6.07 Å². The summed E-state index contributed by atoms with van der Waals surface area (Å²) in [5.74, 6) is -2.07. The summed E-state index contributed by atoms with van der Waals surface area (Å²) >= 11 is 0. The number of carboxylic acids is 1. The van der Waals surface area contributed by atoms with Crippen LogP contribution in [0.2, 0.25) is 0 Å². The number of rotatable bonds is 4. The second kappa shape index (κ2) is 6.42. The van der Waals surface area contributed by atoms with Crippen molar-refractivity contribution in [3.8, 4) is 6.07 Å². The Morgan fingerprint density at radius 1 is 1.32 bits per heavy atom. The van der Waals surface area contributed by atoms with Crippen LogP contribution in [0.4, 0.5) is 4.39 Å². The number of carbonyl (C=O) groups is 1. The predicted octanol–water partition coefficient (Wildman–Crippen LogP) is 1.62. The number of nitriles is 1. The van der Waals surface area contributed by atoms with Gasteiger partial charge >= 0.3 is 5.97 Å². The lowest BCUT2D eigenvalue weighted by atomic mass is 9.87. The molecule has 6 nitrogen and oxygen atoms in total. The number of sulfonamides is 1. The molecule has 1 aliphatic rings. The van der Waals surface area contributed by atoms with Crippen molar-refractivity contribution >= 4 is 16.0 Å². The summed E-state index contributed by atoms with van der Waals surface area (Å²) in [4.78, 5) is 10.7. The first-order chi connectivity index (χ1) is 10.3. The first-order valence-corrected chi connectivity index (χ1v) is 8.26. The fourth-order valence-electron chi connectivity index (χ4n) is 2.50. The van der Waals surface area contributed by atoms with Gasteiger partial charge in [-0.05, 0) is 43.9 Å². The number of carboxylic acid groups (broad SMARTS) is 1. The van der Waals surface area contributed by atoms with Crippen LogP contribution in [0.25, 0.3) is 0 Å².